The van der Waals surface area contributed by atoms with Crippen molar-refractivity contribution >= 4 is 21.9 Å². The zero-order valence-electron chi connectivity index (χ0n) is 10.4. The Hall–Kier alpha value is -1.08. The third-order valence-electron chi connectivity index (χ3n) is 3.75. The quantitative estimate of drug-likeness (QED) is 0.880. The van der Waals surface area contributed by atoms with E-state index in [1.807, 2.05) is 0 Å². The fourth-order valence-corrected chi connectivity index (χ4v) is 3.11. The molecule has 110 valence electrons. The van der Waals surface area contributed by atoms with Gasteiger partial charge in [0.1, 0.15) is 0 Å². The first-order chi connectivity index (χ1) is 9.27. The fourth-order valence-electron chi connectivity index (χ4n) is 2.66. The molecular weight excluding hydrogens is 339 g/mol. The van der Waals surface area contributed by atoms with E-state index in [1.54, 1.807) is 24.3 Å². The number of carboxylic acid groups (broad SMARTS) is 1. The molecule has 2 atom stereocenters. The highest BCUT2D eigenvalue weighted by Crippen LogP contribution is 2.47. The fraction of sp³-hybridized carbons (Fsp3) is 0.462. The van der Waals surface area contributed by atoms with Crippen molar-refractivity contribution < 1.29 is 23.1 Å². The number of hydrogen-bond acceptors (Lipinski definition) is 2. The van der Waals surface area contributed by atoms with Gasteiger partial charge < -0.3 is 10.4 Å². The van der Waals surface area contributed by atoms with Gasteiger partial charge in [0.2, 0.25) is 0 Å². The molecule has 1 fully saturated rings. The predicted octanol–water partition coefficient (Wildman–Crippen LogP) is 2.84. The van der Waals surface area contributed by atoms with Crippen LogP contribution in [0.15, 0.2) is 28.7 Å². The lowest BCUT2D eigenvalue weighted by Gasteiger charge is -2.32. The SMILES string of the molecule is O=C(O)[C@@]1(C(F)(F)F)CNC[C@H]1Cc1cccc(Br)c1. The lowest BCUT2D eigenvalue weighted by Crippen LogP contribution is -2.51. The zero-order chi connectivity index (χ0) is 15.0. The summed E-state index contributed by atoms with van der Waals surface area (Å²) in [6.45, 7) is -0.539. The third kappa shape index (κ3) is 2.56. The molecule has 0 aliphatic carbocycles. The summed E-state index contributed by atoms with van der Waals surface area (Å²) in [6, 6.07) is 6.90. The van der Waals surface area contributed by atoms with Crippen LogP contribution in [0.3, 0.4) is 0 Å². The van der Waals surface area contributed by atoms with Crippen LogP contribution < -0.4 is 5.32 Å². The average molecular weight is 352 g/mol. The predicted molar refractivity (Wildman–Crippen MR) is 70.3 cm³/mol. The Morgan fingerprint density at radius 3 is 2.75 bits per heavy atom. The monoisotopic (exact) mass is 351 g/mol. The number of hydrogen-bond donors (Lipinski definition) is 2. The summed E-state index contributed by atoms with van der Waals surface area (Å²) in [5.74, 6) is -2.83. The Bertz CT molecular complexity index is 521. The van der Waals surface area contributed by atoms with Crippen molar-refractivity contribution in [1.82, 2.24) is 5.32 Å². The lowest BCUT2D eigenvalue weighted by atomic mass is 9.74. The average Bonchev–Trinajstić information content (AvgIpc) is 2.73. The number of nitrogens with one attached hydrogen (secondary N) is 1. The first-order valence-electron chi connectivity index (χ1n) is 6.02. The first kappa shape index (κ1) is 15.3. The summed E-state index contributed by atoms with van der Waals surface area (Å²) < 4.78 is 40.6. The van der Waals surface area contributed by atoms with Crippen molar-refractivity contribution in [2.45, 2.75) is 12.6 Å². The number of benzene rings is 1. The van der Waals surface area contributed by atoms with Gasteiger partial charge in [0, 0.05) is 16.9 Å². The largest absolute Gasteiger partial charge is 0.481 e. The normalized spacial score (nSPS) is 26.7. The zero-order valence-corrected chi connectivity index (χ0v) is 12.0. The highest BCUT2D eigenvalue weighted by atomic mass is 79.9. The molecule has 1 aliphatic heterocycles. The van der Waals surface area contributed by atoms with E-state index in [0.29, 0.717) is 5.56 Å². The van der Waals surface area contributed by atoms with Crippen molar-refractivity contribution in [3.63, 3.8) is 0 Å². The van der Waals surface area contributed by atoms with Gasteiger partial charge in [-0.15, -0.1) is 0 Å². The second kappa shape index (κ2) is 5.37. The van der Waals surface area contributed by atoms with E-state index in [2.05, 4.69) is 21.2 Å². The molecule has 1 aromatic rings. The number of carboxylic acids is 1. The maximum absolute atomic E-state index is 13.3. The van der Waals surface area contributed by atoms with Crippen LogP contribution in [0, 0.1) is 11.3 Å². The summed E-state index contributed by atoms with van der Waals surface area (Å²) in [6.07, 6.45) is -4.71. The van der Waals surface area contributed by atoms with E-state index in [0.717, 1.165) is 4.47 Å². The van der Waals surface area contributed by atoms with E-state index in [-0.39, 0.29) is 13.0 Å². The molecule has 1 aliphatic rings. The third-order valence-corrected chi connectivity index (χ3v) is 4.24. The van der Waals surface area contributed by atoms with E-state index in [4.69, 9.17) is 5.11 Å². The Morgan fingerprint density at radius 2 is 2.20 bits per heavy atom. The van der Waals surface area contributed by atoms with Crippen molar-refractivity contribution in [2.24, 2.45) is 11.3 Å². The van der Waals surface area contributed by atoms with E-state index >= 15 is 0 Å². The van der Waals surface area contributed by atoms with Crippen LogP contribution in [0.5, 0.6) is 0 Å². The van der Waals surface area contributed by atoms with Crippen molar-refractivity contribution in [3.8, 4) is 0 Å². The van der Waals surface area contributed by atoms with Gasteiger partial charge in [-0.25, -0.2) is 0 Å². The number of alkyl halides is 3. The van der Waals surface area contributed by atoms with Gasteiger partial charge in [-0.3, -0.25) is 4.79 Å². The van der Waals surface area contributed by atoms with Gasteiger partial charge in [-0.05, 0) is 30.7 Å². The van der Waals surface area contributed by atoms with Gasteiger partial charge >= 0.3 is 12.1 Å². The second-order valence-electron chi connectivity index (χ2n) is 4.94. The number of halogens is 4. The molecule has 0 bridgehead atoms. The molecule has 0 amide bonds. The van der Waals surface area contributed by atoms with Gasteiger partial charge in [-0.2, -0.15) is 13.2 Å². The Morgan fingerprint density at radius 1 is 1.50 bits per heavy atom. The van der Waals surface area contributed by atoms with Crippen LogP contribution in [0.25, 0.3) is 0 Å². The minimum Gasteiger partial charge on any atom is -0.481 e. The molecule has 0 spiro atoms. The van der Waals surface area contributed by atoms with Gasteiger partial charge in [-0.1, -0.05) is 28.1 Å². The molecule has 1 heterocycles. The van der Waals surface area contributed by atoms with Gasteiger partial charge in [0.05, 0.1) is 0 Å². The molecule has 0 saturated carbocycles. The van der Waals surface area contributed by atoms with Crippen LogP contribution >= 0.6 is 15.9 Å². The minimum absolute atomic E-state index is 0.0400. The topological polar surface area (TPSA) is 49.3 Å². The Kier molecular flexibility index (Phi) is 4.11. The smallest absolute Gasteiger partial charge is 0.406 e. The molecule has 1 saturated heterocycles. The van der Waals surface area contributed by atoms with E-state index in [1.165, 1.54) is 0 Å². The number of rotatable bonds is 3. The van der Waals surface area contributed by atoms with Crippen molar-refractivity contribution in [1.29, 1.82) is 0 Å². The molecule has 7 heteroatoms. The molecular formula is C13H13BrF3NO2. The van der Waals surface area contributed by atoms with Crippen molar-refractivity contribution in [2.75, 3.05) is 13.1 Å². The van der Waals surface area contributed by atoms with Crippen LogP contribution in [0.2, 0.25) is 0 Å². The second-order valence-corrected chi connectivity index (χ2v) is 5.85. The van der Waals surface area contributed by atoms with Crippen LogP contribution in [-0.2, 0) is 11.2 Å². The summed E-state index contributed by atoms with van der Waals surface area (Å²) >= 11 is 3.25. The molecule has 0 radical (unpaired) electrons. The lowest BCUT2D eigenvalue weighted by molar-refractivity contribution is -0.236. The summed E-state index contributed by atoms with van der Waals surface area (Å²) in [5, 5.41) is 11.7. The highest BCUT2D eigenvalue weighted by molar-refractivity contribution is 9.10. The maximum atomic E-state index is 13.3. The molecule has 2 N–H and O–H groups in total. The van der Waals surface area contributed by atoms with Gasteiger partial charge in [0.25, 0.3) is 0 Å². The highest BCUT2D eigenvalue weighted by Gasteiger charge is 2.66. The van der Waals surface area contributed by atoms with Crippen molar-refractivity contribution in [3.05, 3.63) is 34.3 Å². The van der Waals surface area contributed by atoms with E-state index < -0.39 is 30.0 Å². The Balaban J connectivity index is 2.32. The summed E-state index contributed by atoms with van der Waals surface area (Å²) in [7, 11) is 0. The maximum Gasteiger partial charge on any atom is 0.406 e. The summed E-state index contributed by atoms with van der Waals surface area (Å²) in [4.78, 5) is 11.3. The van der Waals surface area contributed by atoms with Crippen LogP contribution in [0.1, 0.15) is 5.56 Å². The molecule has 0 aromatic heterocycles. The molecule has 3 nitrogen and oxygen atoms in total. The van der Waals surface area contributed by atoms with E-state index in [9.17, 15) is 18.0 Å². The molecule has 0 unspecified atom stereocenters. The minimum atomic E-state index is -4.78. The molecule has 1 aromatic carbocycles. The standard InChI is InChI=1S/C13H13BrF3NO2/c14-10-3-1-2-8(5-10)4-9-6-18-7-12(9,11(19)20)13(15,16)17/h1-3,5,9,18H,4,6-7H2,(H,19,20)/t9-,12-/m1/s1. The Labute approximate surface area is 122 Å². The van der Waals surface area contributed by atoms with Gasteiger partial charge in [0.15, 0.2) is 5.41 Å². The van der Waals surface area contributed by atoms with Crippen LogP contribution in [-0.4, -0.2) is 30.3 Å². The molecule has 20 heavy (non-hydrogen) atoms. The van der Waals surface area contributed by atoms with Crippen LogP contribution in [0.4, 0.5) is 13.2 Å². The molecule has 2 rings (SSSR count). The first-order valence-corrected chi connectivity index (χ1v) is 6.82. The number of aliphatic carboxylic acids is 1. The number of carbonyl (C=O) groups is 1. The summed E-state index contributed by atoms with van der Waals surface area (Å²) in [5.41, 5.74) is -2.03.